The number of hydrogen-bond donors (Lipinski definition) is 3. The summed E-state index contributed by atoms with van der Waals surface area (Å²) in [6.07, 6.45) is 5.06. The lowest BCUT2D eigenvalue weighted by Gasteiger charge is -2.37. The highest BCUT2D eigenvalue weighted by Crippen LogP contribution is 2.47. The van der Waals surface area contributed by atoms with Gasteiger partial charge in [0.2, 0.25) is 5.91 Å². The van der Waals surface area contributed by atoms with Crippen LogP contribution in [0.1, 0.15) is 39.0 Å². The normalized spacial score (nSPS) is 32.0. The molecular formula is C23H31Cl2N3O3. The number of ether oxygens (including phenoxy) is 1. The first-order valence-corrected chi connectivity index (χ1v) is 12.1. The molecule has 0 bridgehead atoms. The zero-order valence-electron chi connectivity index (χ0n) is 17.8. The van der Waals surface area contributed by atoms with Crippen molar-refractivity contribution in [3.05, 3.63) is 28.2 Å². The monoisotopic (exact) mass is 467 g/mol. The van der Waals surface area contributed by atoms with Gasteiger partial charge in [0, 0.05) is 24.7 Å². The van der Waals surface area contributed by atoms with Gasteiger partial charge in [-0.25, -0.2) is 0 Å². The molecule has 0 aromatic heterocycles. The summed E-state index contributed by atoms with van der Waals surface area (Å²) in [5.41, 5.74) is 0. The van der Waals surface area contributed by atoms with Crippen molar-refractivity contribution in [2.45, 2.75) is 51.1 Å². The Morgan fingerprint density at radius 1 is 1.06 bits per heavy atom. The maximum Gasteiger partial charge on any atom is 0.258 e. The summed E-state index contributed by atoms with van der Waals surface area (Å²) >= 11 is 11.9. The molecule has 170 valence electrons. The molecule has 1 aliphatic heterocycles. The summed E-state index contributed by atoms with van der Waals surface area (Å²) in [6.45, 7) is 3.87. The molecule has 5 unspecified atom stereocenters. The third-order valence-corrected chi connectivity index (χ3v) is 7.99. The molecular weight excluding hydrogens is 437 g/mol. The third-order valence-electron chi connectivity index (χ3n) is 7.25. The van der Waals surface area contributed by atoms with Crippen LogP contribution < -0.4 is 20.7 Å². The second kappa shape index (κ2) is 9.97. The number of hydrogen-bond acceptors (Lipinski definition) is 4. The first-order valence-electron chi connectivity index (χ1n) is 11.3. The Morgan fingerprint density at radius 2 is 1.81 bits per heavy atom. The largest absolute Gasteiger partial charge is 0.484 e. The smallest absolute Gasteiger partial charge is 0.258 e. The Bertz CT molecular complexity index is 821. The summed E-state index contributed by atoms with van der Waals surface area (Å²) in [4.78, 5) is 25.3. The molecule has 6 nitrogen and oxygen atoms in total. The van der Waals surface area contributed by atoms with E-state index in [0.717, 1.165) is 45.2 Å². The Labute approximate surface area is 193 Å². The fourth-order valence-corrected chi connectivity index (χ4v) is 5.60. The fraction of sp³-hybridized carbons (Fsp3) is 0.652. The Balaban J connectivity index is 1.26. The molecule has 2 aliphatic carbocycles. The Morgan fingerprint density at radius 3 is 2.48 bits per heavy atom. The van der Waals surface area contributed by atoms with E-state index in [4.69, 9.17) is 27.9 Å². The molecule has 2 amide bonds. The standard InChI is InChI=1S/C23H31Cl2N3O3/c1-2-13-7-14(11-26-10-13)23(30)28-21-9-20(16-4-5-17(16)21)27-22(29)12-31-15-3-6-18(24)19(25)8-15/h3,6,8,13-14,16-17,20-21,26H,2,4-5,7,9-12H2,1H3,(H,27,29)(H,28,30)/t13?,14?,16?,17?,20-,21?/m0/s1. The van der Waals surface area contributed by atoms with Gasteiger partial charge in [0.25, 0.3) is 5.91 Å². The van der Waals surface area contributed by atoms with Gasteiger partial charge in [0.15, 0.2) is 6.61 Å². The molecule has 8 heteroatoms. The zero-order chi connectivity index (χ0) is 22.0. The SMILES string of the molecule is CCC1CNCC(C(=O)NC2C[C@H](NC(=O)COc3ccc(Cl)c(Cl)c3)C3CCC23)C1. The van der Waals surface area contributed by atoms with Crippen molar-refractivity contribution in [3.8, 4) is 5.75 Å². The van der Waals surface area contributed by atoms with E-state index in [1.54, 1.807) is 18.2 Å². The number of halogens is 2. The highest BCUT2D eigenvalue weighted by molar-refractivity contribution is 6.42. The predicted molar refractivity (Wildman–Crippen MR) is 121 cm³/mol. The summed E-state index contributed by atoms with van der Waals surface area (Å²) in [5, 5.41) is 10.7. The maximum atomic E-state index is 12.9. The van der Waals surface area contributed by atoms with Crippen molar-refractivity contribution in [2.24, 2.45) is 23.7 Å². The van der Waals surface area contributed by atoms with Gasteiger partial charge in [0.1, 0.15) is 5.75 Å². The summed E-state index contributed by atoms with van der Waals surface area (Å²) in [6, 6.07) is 5.17. The number of carbonyl (C=O) groups excluding carboxylic acids is 2. The topological polar surface area (TPSA) is 79.5 Å². The molecule has 3 aliphatic rings. The van der Waals surface area contributed by atoms with Crippen molar-refractivity contribution in [1.82, 2.24) is 16.0 Å². The molecule has 4 rings (SSSR count). The van der Waals surface area contributed by atoms with Gasteiger partial charge in [0.05, 0.1) is 16.0 Å². The third kappa shape index (κ3) is 5.29. The molecule has 0 radical (unpaired) electrons. The van der Waals surface area contributed by atoms with Crippen molar-refractivity contribution in [3.63, 3.8) is 0 Å². The summed E-state index contributed by atoms with van der Waals surface area (Å²) in [5.74, 6) is 2.04. The second-order valence-corrected chi connectivity index (χ2v) is 9.97. The number of piperidine rings is 1. The van der Waals surface area contributed by atoms with Crippen LogP contribution in [-0.2, 0) is 9.59 Å². The summed E-state index contributed by atoms with van der Waals surface area (Å²) < 4.78 is 5.55. The van der Waals surface area contributed by atoms with Crippen LogP contribution >= 0.6 is 23.2 Å². The average Bonchev–Trinajstić information content (AvgIpc) is 2.96. The van der Waals surface area contributed by atoms with Gasteiger partial charge in [-0.3, -0.25) is 9.59 Å². The van der Waals surface area contributed by atoms with E-state index in [0.29, 0.717) is 33.5 Å². The molecule has 2 saturated carbocycles. The van der Waals surface area contributed by atoms with Gasteiger partial charge in [-0.2, -0.15) is 0 Å². The van der Waals surface area contributed by atoms with Crippen LogP contribution in [0.2, 0.25) is 10.0 Å². The van der Waals surface area contributed by atoms with Crippen LogP contribution in [0.3, 0.4) is 0 Å². The van der Waals surface area contributed by atoms with Crippen molar-refractivity contribution >= 4 is 35.0 Å². The number of benzene rings is 1. The number of nitrogens with one attached hydrogen (secondary N) is 3. The second-order valence-electron chi connectivity index (χ2n) is 9.16. The van der Waals surface area contributed by atoms with Crippen LogP contribution in [-0.4, -0.2) is 43.6 Å². The van der Waals surface area contributed by atoms with Crippen LogP contribution in [0, 0.1) is 23.7 Å². The van der Waals surface area contributed by atoms with Gasteiger partial charge < -0.3 is 20.7 Å². The highest BCUT2D eigenvalue weighted by Gasteiger charge is 2.49. The highest BCUT2D eigenvalue weighted by atomic mass is 35.5. The van der Waals surface area contributed by atoms with Crippen LogP contribution in [0.4, 0.5) is 0 Å². The van der Waals surface area contributed by atoms with E-state index in [2.05, 4.69) is 22.9 Å². The lowest BCUT2D eigenvalue weighted by molar-refractivity contribution is -0.127. The first kappa shape index (κ1) is 22.7. The maximum absolute atomic E-state index is 12.9. The van der Waals surface area contributed by atoms with E-state index >= 15 is 0 Å². The van der Waals surface area contributed by atoms with Crippen LogP contribution in [0.25, 0.3) is 0 Å². The van der Waals surface area contributed by atoms with Gasteiger partial charge in [-0.15, -0.1) is 0 Å². The van der Waals surface area contributed by atoms with E-state index in [1.165, 1.54) is 0 Å². The zero-order valence-corrected chi connectivity index (χ0v) is 19.3. The minimum absolute atomic E-state index is 0.0467. The molecule has 0 spiro atoms. The molecule has 6 atom stereocenters. The minimum Gasteiger partial charge on any atom is -0.484 e. The average molecular weight is 468 g/mol. The lowest BCUT2D eigenvalue weighted by Crippen LogP contribution is -2.48. The van der Waals surface area contributed by atoms with Crippen LogP contribution in [0.15, 0.2) is 18.2 Å². The van der Waals surface area contributed by atoms with Crippen LogP contribution in [0.5, 0.6) is 5.75 Å². The Kier molecular flexibility index (Phi) is 7.29. The number of amides is 2. The van der Waals surface area contributed by atoms with E-state index < -0.39 is 0 Å². The van der Waals surface area contributed by atoms with E-state index in [9.17, 15) is 9.59 Å². The van der Waals surface area contributed by atoms with Gasteiger partial charge in [-0.05, 0) is 62.1 Å². The number of rotatable bonds is 7. The number of fused-ring (bicyclic) bond motifs is 1. The first-order chi connectivity index (χ1) is 14.9. The van der Waals surface area contributed by atoms with Gasteiger partial charge >= 0.3 is 0 Å². The molecule has 3 fully saturated rings. The van der Waals surface area contributed by atoms with Crippen molar-refractivity contribution in [2.75, 3.05) is 19.7 Å². The molecule has 1 saturated heterocycles. The predicted octanol–water partition coefficient (Wildman–Crippen LogP) is 3.41. The molecule has 1 aromatic rings. The van der Waals surface area contributed by atoms with Gasteiger partial charge in [-0.1, -0.05) is 36.5 Å². The minimum atomic E-state index is -0.157. The quantitative estimate of drug-likeness (QED) is 0.573. The Hall–Kier alpha value is -1.50. The molecule has 1 aromatic carbocycles. The van der Waals surface area contributed by atoms with Crippen molar-refractivity contribution in [1.29, 1.82) is 0 Å². The molecule has 1 heterocycles. The number of carbonyl (C=O) groups is 2. The molecule has 31 heavy (non-hydrogen) atoms. The van der Waals surface area contributed by atoms with E-state index in [1.807, 2.05) is 0 Å². The van der Waals surface area contributed by atoms with Crippen molar-refractivity contribution < 1.29 is 14.3 Å². The summed E-state index contributed by atoms with van der Waals surface area (Å²) in [7, 11) is 0. The van der Waals surface area contributed by atoms with E-state index in [-0.39, 0.29) is 36.4 Å². The lowest BCUT2D eigenvalue weighted by atomic mass is 9.73. The molecule has 3 N–H and O–H groups in total. The fourth-order valence-electron chi connectivity index (χ4n) is 5.31.